The van der Waals surface area contributed by atoms with Gasteiger partial charge in [-0.2, -0.15) is 13.2 Å². The molecule has 3 rings (SSSR count). The Hall–Kier alpha value is -1.60. The number of halogens is 3. The third-order valence-corrected chi connectivity index (χ3v) is 5.16. The Bertz CT molecular complexity index is 585. The number of rotatable bonds is 5. The number of carbonyl (C=O) groups excluding carboxylic acids is 1. The molecular formula is C19H24F3NO3. The fraction of sp³-hybridized carbons (Fsp3) is 0.632. The fourth-order valence-electron chi connectivity index (χ4n) is 3.75. The number of likely N-dealkylation sites (tertiary alicyclic amines) is 1. The Morgan fingerprint density at radius 3 is 2.46 bits per heavy atom. The quantitative estimate of drug-likeness (QED) is 0.744. The van der Waals surface area contributed by atoms with Crippen LogP contribution in [0.5, 0.6) is 0 Å². The van der Waals surface area contributed by atoms with E-state index in [0.717, 1.165) is 43.4 Å². The van der Waals surface area contributed by atoms with Gasteiger partial charge in [0.25, 0.3) is 0 Å². The van der Waals surface area contributed by atoms with Crippen LogP contribution in [0.3, 0.4) is 0 Å². The Morgan fingerprint density at radius 2 is 1.85 bits per heavy atom. The molecule has 7 heteroatoms. The predicted octanol–water partition coefficient (Wildman–Crippen LogP) is 3.46. The highest BCUT2D eigenvalue weighted by Crippen LogP contribution is 2.34. The van der Waals surface area contributed by atoms with E-state index in [-0.39, 0.29) is 17.9 Å². The summed E-state index contributed by atoms with van der Waals surface area (Å²) in [5.74, 6) is 0.212. The topological polar surface area (TPSA) is 38.8 Å². The average Bonchev–Trinajstić information content (AvgIpc) is 2.66. The summed E-state index contributed by atoms with van der Waals surface area (Å²) in [5, 5.41) is 0. The van der Waals surface area contributed by atoms with Crippen molar-refractivity contribution in [1.82, 2.24) is 4.90 Å². The minimum absolute atomic E-state index is 0.0273. The lowest BCUT2D eigenvalue weighted by Gasteiger charge is -2.37. The van der Waals surface area contributed by atoms with Gasteiger partial charge in [0, 0.05) is 38.1 Å². The minimum Gasteiger partial charge on any atom is -0.381 e. The highest BCUT2D eigenvalue weighted by Gasteiger charge is 2.32. The molecule has 0 radical (unpaired) electrons. The lowest BCUT2D eigenvalue weighted by molar-refractivity contribution is -0.137. The zero-order valence-corrected chi connectivity index (χ0v) is 14.6. The van der Waals surface area contributed by atoms with E-state index >= 15 is 0 Å². The van der Waals surface area contributed by atoms with Crippen LogP contribution >= 0.6 is 0 Å². The van der Waals surface area contributed by atoms with Gasteiger partial charge in [-0.05, 0) is 37.0 Å². The third-order valence-electron chi connectivity index (χ3n) is 5.16. The summed E-state index contributed by atoms with van der Waals surface area (Å²) in [4.78, 5) is 13.0. The molecule has 1 amide bonds. The second-order valence-corrected chi connectivity index (χ2v) is 7.12. The first-order valence-electron chi connectivity index (χ1n) is 9.01. The number of amides is 1. The zero-order valence-electron chi connectivity index (χ0n) is 14.6. The second-order valence-electron chi connectivity index (χ2n) is 7.12. The van der Waals surface area contributed by atoms with Gasteiger partial charge in [-0.1, -0.05) is 12.1 Å². The summed E-state index contributed by atoms with van der Waals surface area (Å²) in [5.41, 5.74) is 0.185. The molecule has 1 aromatic carbocycles. The molecule has 2 aliphatic rings. The molecule has 0 aromatic heterocycles. The van der Waals surface area contributed by atoms with Crippen molar-refractivity contribution in [1.29, 1.82) is 0 Å². The lowest BCUT2D eigenvalue weighted by Crippen LogP contribution is -2.41. The van der Waals surface area contributed by atoms with Crippen LogP contribution in [0.25, 0.3) is 0 Å². The molecule has 0 spiro atoms. The van der Waals surface area contributed by atoms with Crippen LogP contribution < -0.4 is 0 Å². The van der Waals surface area contributed by atoms with Crippen molar-refractivity contribution < 1.29 is 27.4 Å². The van der Waals surface area contributed by atoms with Crippen molar-refractivity contribution in [3.8, 4) is 0 Å². The maximum absolute atomic E-state index is 12.7. The second kappa shape index (κ2) is 8.39. The molecule has 1 aromatic rings. The van der Waals surface area contributed by atoms with E-state index in [1.807, 2.05) is 0 Å². The smallest absolute Gasteiger partial charge is 0.381 e. The largest absolute Gasteiger partial charge is 0.416 e. The molecular weight excluding hydrogens is 347 g/mol. The number of alkyl halides is 3. The Morgan fingerprint density at radius 1 is 1.15 bits per heavy atom. The van der Waals surface area contributed by atoms with Crippen LogP contribution in [0.2, 0.25) is 0 Å². The van der Waals surface area contributed by atoms with Gasteiger partial charge in [-0.25, -0.2) is 0 Å². The SMILES string of the molecule is O=CN1CC(COC2CCOCC2)CC(c2ccc(C(F)(F)F)cc2)C1. The number of ether oxygens (including phenoxy) is 2. The van der Waals surface area contributed by atoms with E-state index in [2.05, 4.69) is 0 Å². The molecule has 0 bridgehead atoms. The van der Waals surface area contributed by atoms with Crippen molar-refractivity contribution in [2.45, 2.75) is 37.5 Å². The minimum atomic E-state index is -4.33. The van der Waals surface area contributed by atoms with Gasteiger partial charge in [0.05, 0.1) is 18.3 Å². The van der Waals surface area contributed by atoms with Crippen molar-refractivity contribution in [2.75, 3.05) is 32.9 Å². The molecule has 2 atom stereocenters. The number of hydrogen-bond acceptors (Lipinski definition) is 3. The molecule has 26 heavy (non-hydrogen) atoms. The van der Waals surface area contributed by atoms with E-state index in [1.165, 1.54) is 12.1 Å². The predicted molar refractivity (Wildman–Crippen MR) is 89.7 cm³/mol. The number of carbonyl (C=O) groups is 1. The van der Waals surface area contributed by atoms with E-state index in [9.17, 15) is 18.0 Å². The first-order valence-corrected chi connectivity index (χ1v) is 9.01. The average molecular weight is 371 g/mol. The molecule has 0 N–H and O–H groups in total. The van der Waals surface area contributed by atoms with Crippen LogP contribution in [0.4, 0.5) is 13.2 Å². The van der Waals surface area contributed by atoms with Crippen LogP contribution in [-0.4, -0.2) is 50.3 Å². The monoisotopic (exact) mass is 371 g/mol. The third kappa shape index (κ3) is 4.98. The molecule has 0 aliphatic carbocycles. The normalized spacial score (nSPS) is 25.3. The number of benzene rings is 1. The lowest BCUT2D eigenvalue weighted by atomic mass is 9.84. The molecule has 144 valence electrons. The summed E-state index contributed by atoms with van der Waals surface area (Å²) in [6, 6.07) is 5.28. The van der Waals surface area contributed by atoms with Gasteiger partial charge in [0.2, 0.25) is 6.41 Å². The number of nitrogens with zero attached hydrogens (tertiary/aromatic N) is 1. The molecule has 4 nitrogen and oxygen atoms in total. The van der Waals surface area contributed by atoms with Gasteiger partial charge in [-0.3, -0.25) is 4.79 Å². The number of piperidine rings is 1. The highest BCUT2D eigenvalue weighted by atomic mass is 19.4. The maximum atomic E-state index is 12.7. The summed E-state index contributed by atoms with van der Waals surface area (Å²) in [6.45, 7) is 3.15. The van der Waals surface area contributed by atoms with Crippen LogP contribution in [0.1, 0.15) is 36.3 Å². The van der Waals surface area contributed by atoms with Gasteiger partial charge >= 0.3 is 6.18 Å². The van der Waals surface area contributed by atoms with Crippen LogP contribution in [0.15, 0.2) is 24.3 Å². The summed E-state index contributed by atoms with van der Waals surface area (Å²) in [7, 11) is 0. The summed E-state index contributed by atoms with van der Waals surface area (Å²) in [6.07, 6.45) is -0.755. The molecule has 2 fully saturated rings. The molecule has 2 heterocycles. The van der Waals surface area contributed by atoms with Crippen LogP contribution in [0, 0.1) is 5.92 Å². The van der Waals surface area contributed by atoms with Crippen molar-refractivity contribution in [2.24, 2.45) is 5.92 Å². The molecule has 0 saturated carbocycles. The van der Waals surface area contributed by atoms with Gasteiger partial charge in [-0.15, -0.1) is 0 Å². The van der Waals surface area contributed by atoms with Crippen molar-refractivity contribution in [3.05, 3.63) is 35.4 Å². The molecule has 2 aliphatic heterocycles. The molecule has 2 unspecified atom stereocenters. The van der Waals surface area contributed by atoms with E-state index in [1.54, 1.807) is 4.90 Å². The van der Waals surface area contributed by atoms with Crippen molar-refractivity contribution >= 4 is 6.41 Å². The first kappa shape index (κ1) is 19.2. The standard InChI is InChI=1S/C19H24F3NO3/c20-19(21,22)17-3-1-15(2-4-17)16-9-14(10-23(11-16)13-24)12-26-18-5-7-25-8-6-18/h1-4,13-14,16,18H,5-12H2. The van der Waals surface area contributed by atoms with Gasteiger partial charge < -0.3 is 14.4 Å². The summed E-state index contributed by atoms with van der Waals surface area (Å²) >= 11 is 0. The zero-order chi connectivity index (χ0) is 18.6. The van der Waals surface area contributed by atoms with E-state index in [4.69, 9.17) is 9.47 Å². The van der Waals surface area contributed by atoms with E-state index in [0.29, 0.717) is 32.9 Å². The highest BCUT2D eigenvalue weighted by molar-refractivity contribution is 5.48. The molecule has 2 saturated heterocycles. The van der Waals surface area contributed by atoms with Gasteiger partial charge in [0.1, 0.15) is 0 Å². The maximum Gasteiger partial charge on any atom is 0.416 e. The first-order chi connectivity index (χ1) is 12.5. The van der Waals surface area contributed by atoms with E-state index < -0.39 is 11.7 Å². The van der Waals surface area contributed by atoms with Crippen molar-refractivity contribution in [3.63, 3.8) is 0 Å². The fourth-order valence-corrected chi connectivity index (χ4v) is 3.75. The Labute approximate surface area is 151 Å². The summed E-state index contributed by atoms with van der Waals surface area (Å²) < 4.78 is 49.5. The van der Waals surface area contributed by atoms with Crippen LogP contribution in [-0.2, 0) is 20.4 Å². The number of hydrogen-bond donors (Lipinski definition) is 0. The Kier molecular flexibility index (Phi) is 6.19. The Balaban J connectivity index is 1.62. The van der Waals surface area contributed by atoms with Gasteiger partial charge in [0.15, 0.2) is 0 Å².